The Kier molecular flexibility index (Phi) is 7.26. The third-order valence-corrected chi connectivity index (χ3v) is 9.50. The van der Waals surface area contributed by atoms with Gasteiger partial charge in [-0.15, -0.1) is 0 Å². The molecule has 2 aliphatic rings. The summed E-state index contributed by atoms with van der Waals surface area (Å²) in [6.07, 6.45) is 3.71. The standard InChI is InChI=1S/C23H27ClN2O3S2/c24-21-7-3-2-6-20(21)22-12-15-25(16-17-30-22)23(27)18-8-10-19(11-9-18)31(28,29)26-13-4-1-5-14-26/h2-3,6-11,22H,1,4-5,12-17H2. The fourth-order valence-electron chi connectivity index (χ4n) is 4.16. The van der Waals surface area contributed by atoms with Gasteiger partial charge in [0.25, 0.3) is 5.91 Å². The number of sulfonamides is 1. The number of rotatable bonds is 4. The van der Waals surface area contributed by atoms with E-state index in [-0.39, 0.29) is 16.1 Å². The second-order valence-corrected chi connectivity index (χ2v) is 11.6. The third kappa shape index (κ3) is 5.11. The van der Waals surface area contributed by atoms with Gasteiger partial charge in [0.1, 0.15) is 0 Å². The van der Waals surface area contributed by atoms with E-state index < -0.39 is 10.0 Å². The fourth-order valence-corrected chi connectivity index (χ4v) is 7.28. The SMILES string of the molecule is O=C(c1ccc(S(=O)(=O)N2CCCCC2)cc1)N1CCSC(c2ccccc2Cl)CC1. The van der Waals surface area contributed by atoms with Crippen LogP contribution in [0.5, 0.6) is 0 Å². The molecule has 2 saturated heterocycles. The number of carbonyl (C=O) groups is 1. The summed E-state index contributed by atoms with van der Waals surface area (Å²) in [6.45, 7) is 2.45. The van der Waals surface area contributed by atoms with Crippen LogP contribution in [0.3, 0.4) is 0 Å². The predicted molar refractivity (Wildman–Crippen MR) is 126 cm³/mol. The Bertz CT molecular complexity index is 1020. The molecule has 166 valence electrons. The van der Waals surface area contributed by atoms with Gasteiger partial charge in [-0.2, -0.15) is 16.1 Å². The zero-order valence-corrected chi connectivity index (χ0v) is 19.8. The quantitative estimate of drug-likeness (QED) is 0.631. The molecule has 0 bridgehead atoms. The van der Waals surface area contributed by atoms with Gasteiger partial charge in [0.15, 0.2) is 0 Å². The number of piperidine rings is 1. The second kappa shape index (κ2) is 9.94. The van der Waals surface area contributed by atoms with E-state index in [4.69, 9.17) is 11.6 Å². The molecule has 2 heterocycles. The Morgan fingerprint density at radius 3 is 2.35 bits per heavy atom. The van der Waals surface area contributed by atoms with E-state index in [0.29, 0.717) is 31.7 Å². The van der Waals surface area contributed by atoms with Gasteiger partial charge in [0, 0.05) is 47.8 Å². The van der Waals surface area contributed by atoms with E-state index in [2.05, 4.69) is 6.07 Å². The smallest absolute Gasteiger partial charge is 0.253 e. The van der Waals surface area contributed by atoms with Gasteiger partial charge < -0.3 is 4.90 Å². The Hall–Kier alpha value is -1.54. The first-order chi connectivity index (χ1) is 15.0. The molecule has 2 aliphatic heterocycles. The minimum Gasteiger partial charge on any atom is -0.338 e. The summed E-state index contributed by atoms with van der Waals surface area (Å²) in [5, 5.41) is 1.04. The number of halogens is 1. The highest BCUT2D eigenvalue weighted by Gasteiger charge is 2.27. The lowest BCUT2D eigenvalue weighted by molar-refractivity contribution is 0.0766. The first-order valence-electron chi connectivity index (χ1n) is 10.7. The van der Waals surface area contributed by atoms with Crippen molar-refractivity contribution in [2.75, 3.05) is 31.9 Å². The minimum absolute atomic E-state index is 0.0534. The summed E-state index contributed by atoms with van der Waals surface area (Å²) < 4.78 is 27.2. The summed E-state index contributed by atoms with van der Waals surface area (Å²) in [7, 11) is -3.48. The van der Waals surface area contributed by atoms with Crippen LogP contribution in [-0.2, 0) is 10.0 Å². The van der Waals surface area contributed by atoms with Crippen LogP contribution in [0.2, 0.25) is 5.02 Å². The number of amides is 1. The Morgan fingerprint density at radius 1 is 0.935 bits per heavy atom. The monoisotopic (exact) mass is 478 g/mol. The van der Waals surface area contributed by atoms with Crippen LogP contribution in [0.4, 0.5) is 0 Å². The fraction of sp³-hybridized carbons (Fsp3) is 0.435. The predicted octanol–water partition coefficient (Wildman–Crippen LogP) is 4.84. The maximum Gasteiger partial charge on any atom is 0.253 e. The third-order valence-electron chi connectivity index (χ3n) is 5.93. The van der Waals surface area contributed by atoms with Crippen LogP contribution in [0.25, 0.3) is 0 Å². The summed E-state index contributed by atoms with van der Waals surface area (Å²) in [5.41, 5.74) is 1.65. The lowest BCUT2D eigenvalue weighted by atomic mass is 10.1. The van der Waals surface area contributed by atoms with Crippen LogP contribution in [-0.4, -0.2) is 55.5 Å². The maximum absolute atomic E-state index is 13.1. The average molecular weight is 479 g/mol. The lowest BCUT2D eigenvalue weighted by Crippen LogP contribution is -2.35. The summed E-state index contributed by atoms with van der Waals surface area (Å²) in [5.74, 6) is 0.783. The first-order valence-corrected chi connectivity index (χ1v) is 13.6. The van der Waals surface area contributed by atoms with Gasteiger partial charge in [-0.25, -0.2) is 8.42 Å². The number of carbonyl (C=O) groups excluding carboxylic acids is 1. The summed E-state index contributed by atoms with van der Waals surface area (Å²) >= 11 is 8.19. The molecular weight excluding hydrogens is 452 g/mol. The van der Waals surface area contributed by atoms with E-state index in [1.54, 1.807) is 28.6 Å². The van der Waals surface area contributed by atoms with Gasteiger partial charge in [-0.3, -0.25) is 4.79 Å². The molecule has 1 amide bonds. The van der Waals surface area contributed by atoms with Gasteiger partial charge in [0.2, 0.25) is 10.0 Å². The minimum atomic E-state index is -3.48. The van der Waals surface area contributed by atoms with Crippen molar-refractivity contribution < 1.29 is 13.2 Å². The van der Waals surface area contributed by atoms with Gasteiger partial charge >= 0.3 is 0 Å². The van der Waals surface area contributed by atoms with E-state index in [1.807, 2.05) is 34.9 Å². The normalized spacial score (nSPS) is 20.9. The Morgan fingerprint density at radius 2 is 1.65 bits per heavy atom. The number of benzene rings is 2. The van der Waals surface area contributed by atoms with Crippen molar-refractivity contribution in [3.8, 4) is 0 Å². The maximum atomic E-state index is 13.1. The molecule has 8 heteroatoms. The van der Waals surface area contributed by atoms with Crippen LogP contribution in [0.1, 0.15) is 46.9 Å². The zero-order chi connectivity index (χ0) is 21.8. The molecule has 2 fully saturated rings. The molecule has 0 saturated carbocycles. The lowest BCUT2D eigenvalue weighted by Gasteiger charge is -2.26. The molecular formula is C23H27ClN2O3S2. The van der Waals surface area contributed by atoms with Crippen LogP contribution < -0.4 is 0 Å². The molecule has 1 unspecified atom stereocenters. The van der Waals surface area contributed by atoms with Crippen LogP contribution in [0.15, 0.2) is 53.4 Å². The largest absolute Gasteiger partial charge is 0.338 e. The summed E-state index contributed by atoms with van der Waals surface area (Å²) in [4.78, 5) is 15.2. The molecule has 2 aromatic carbocycles. The number of hydrogen-bond acceptors (Lipinski definition) is 4. The van der Waals surface area contributed by atoms with Crippen molar-refractivity contribution in [2.24, 2.45) is 0 Å². The molecule has 0 N–H and O–H groups in total. The Balaban J connectivity index is 1.43. The van der Waals surface area contributed by atoms with E-state index in [1.165, 1.54) is 0 Å². The second-order valence-electron chi connectivity index (χ2n) is 7.95. The highest BCUT2D eigenvalue weighted by molar-refractivity contribution is 7.99. The molecule has 4 rings (SSSR count). The molecule has 1 atom stereocenters. The molecule has 0 aliphatic carbocycles. The number of thioether (sulfide) groups is 1. The van der Waals surface area contributed by atoms with E-state index in [0.717, 1.165) is 42.0 Å². The molecule has 0 spiro atoms. The van der Waals surface area contributed by atoms with Crippen LogP contribution >= 0.6 is 23.4 Å². The molecule has 31 heavy (non-hydrogen) atoms. The number of nitrogens with zero attached hydrogens (tertiary/aromatic N) is 2. The van der Waals surface area contributed by atoms with E-state index in [9.17, 15) is 13.2 Å². The average Bonchev–Trinajstić information content (AvgIpc) is 3.06. The highest BCUT2D eigenvalue weighted by Crippen LogP contribution is 2.38. The van der Waals surface area contributed by atoms with Gasteiger partial charge in [-0.05, 0) is 55.2 Å². The first kappa shape index (κ1) is 22.6. The van der Waals surface area contributed by atoms with Crippen molar-refractivity contribution in [3.05, 3.63) is 64.7 Å². The zero-order valence-electron chi connectivity index (χ0n) is 17.4. The molecule has 0 radical (unpaired) electrons. The van der Waals surface area contributed by atoms with E-state index >= 15 is 0 Å². The number of hydrogen-bond donors (Lipinski definition) is 0. The van der Waals surface area contributed by atoms with Crippen molar-refractivity contribution in [2.45, 2.75) is 35.8 Å². The summed E-state index contributed by atoms with van der Waals surface area (Å²) in [6, 6.07) is 14.3. The van der Waals surface area contributed by atoms with Gasteiger partial charge in [0.05, 0.1) is 4.90 Å². The van der Waals surface area contributed by atoms with Crippen molar-refractivity contribution in [1.29, 1.82) is 0 Å². The van der Waals surface area contributed by atoms with Gasteiger partial charge in [-0.1, -0.05) is 36.2 Å². The molecule has 2 aromatic rings. The molecule has 0 aromatic heterocycles. The van der Waals surface area contributed by atoms with Crippen molar-refractivity contribution >= 4 is 39.3 Å². The van der Waals surface area contributed by atoms with Crippen molar-refractivity contribution in [1.82, 2.24) is 9.21 Å². The van der Waals surface area contributed by atoms with Crippen molar-refractivity contribution in [3.63, 3.8) is 0 Å². The molecule has 5 nitrogen and oxygen atoms in total. The topological polar surface area (TPSA) is 57.7 Å². The van der Waals surface area contributed by atoms with Crippen LogP contribution in [0, 0.1) is 0 Å². The highest BCUT2D eigenvalue weighted by atomic mass is 35.5. The Labute approximate surface area is 193 Å².